The standard InChI is InChI=1S/C16H19F3N4O3/c1-20-13(24)8-12-14(25)21-6-7-23(12)15(26)22-9-10-4-2-3-5-11(10)16(17,18)19/h2-5,12H,6-9H2,1H3,(H,20,24)(H,21,25)(H,22,26)/t12-/m0/s1. The lowest BCUT2D eigenvalue weighted by atomic mass is 10.1. The van der Waals surface area contributed by atoms with Gasteiger partial charge in [-0.2, -0.15) is 13.2 Å². The van der Waals surface area contributed by atoms with Crippen LogP contribution in [0.2, 0.25) is 0 Å². The van der Waals surface area contributed by atoms with E-state index in [1.165, 1.54) is 25.2 Å². The summed E-state index contributed by atoms with van der Waals surface area (Å²) in [5.41, 5.74) is -0.920. The lowest BCUT2D eigenvalue weighted by molar-refractivity contribution is -0.138. The van der Waals surface area contributed by atoms with Crippen molar-refractivity contribution < 1.29 is 27.6 Å². The number of carbonyl (C=O) groups excluding carboxylic acids is 3. The highest BCUT2D eigenvalue weighted by molar-refractivity contribution is 5.92. The van der Waals surface area contributed by atoms with Crippen LogP contribution in [0.25, 0.3) is 0 Å². The third kappa shape index (κ3) is 4.64. The van der Waals surface area contributed by atoms with Crippen molar-refractivity contribution in [2.24, 2.45) is 0 Å². The zero-order valence-electron chi connectivity index (χ0n) is 14.0. The molecule has 2 rings (SSSR count). The van der Waals surface area contributed by atoms with Gasteiger partial charge in [0.05, 0.1) is 12.0 Å². The summed E-state index contributed by atoms with van der Waals surface area (Å²) < 4.78 is 39.0. The van der Waals surface area contributed by atoms with E-state index in [2.05, 4.69) is 16.0 Å². The highest BCUT2D eigenvalue weighted by Crippen LogP contribution is 2.31. The minimum atomic E-state index is -4.53. The first-order chi connectivity index (χ1) is 12.2. The molecular weight excluding hydrogens is 353 g/mol. The fourth-order valence-corrected chi connectivity index (χ4v) is 2.66. The molecule has 3 N–H and O–H groups in total. The van der Waals surface area contributed by atoms with Crippen LogP contribution in [0, 0.1) is 0 Å². The van der Waals surface area contributed by atoms with Gasteiger partial charge in [-0.15, -0.1) is 0 Å². The molecule has 0 spiro atoms. The van der Waals surface area contributed by atoms with E-state index in [0.717, 1.165) is 11.0 Å². The Labute approximate surface area is 147 Å². The molecule has 7 nitrogen and oxygen atoms in total. The second-order valence-corrected chi connectivity index (χ2v) is 5.69. The first-order valence-corrected chi connectivity index (χ1v) is 7.92. The maximum absolute atomic E-state index is 13.0. The summed E-state index contributed by atoms with van der Waals surface area (Å²) in [6.45, 7) is 0.00904. The summed E-state index contributed by atoms with van der Waals surface area (Å²) >= 11 is 0. The van der Waals surface area contributed by atoms with Crippen LogP contribution in [0.3, 0.4) is 0 Å². The summed E-state index contributed by atoms with van der Waals surface area (Å²) in [5, 5.41) is 7.33. The van der Waals surface area contributed by atoms with Crippen molar-refractivity contribution in [1.29, 1.82) is 0 Å². The second kappa shape index (κ2) is 8.07. The quantitative estimate of drug-likeness (QED) is 0.732. The van der Waals surface area contributed by atoms with Gasteiger partial charge in [-0.1, -0.05) is 18.2 Å². The Balaban J connectivity index is 2.09. The van der Waals surface area contributed by atoms with Crippen molar-refractivity contribution in [2.75, 3.05) is 20.1 Å². The molecule has 1 atom stereocenters. The van der Waals surface area contributed by atoms with Crippen molar-refractivity contribution in [3.63, 3.8) is 0 Å². The van der Waals surface area contributed by atoms with E-state index in [9.17, 15) is 27.6 Å². The Hall–Kier alpha value is -2.78. The first kappa shape index (κ1) is 19.5. The molecule has 1 heterocycles. The minimum Gasteiger partial charge on any atom is -0.359 e. The van der Waals surface area contributed by atoms with Gasteiger partial charge < -0.3 is 20.9 Å². The SMILES string of the molecule is CNC(=O)C[C@H]1C(=O)NCCN1C(=O)NCc1ccccc1C(F)(F)F. The molecule has 1 fully saturated rings. The number of carbonyl (C=O) groups is 3. The van der Waals surface area contributed by atoms with Crippen LogP contribution in [0.1, 0.15) is 17.5 Å². The van der Waals surface area contributed by atoms with E-state index in [1.54, 1.807) is 0 Å². The zero-order chi connectivity index (χ0) is 19.3. The third-order valence-corrected chi connectivity index (χ3v) is 4.00. The summed E-state index contributed by atoms with van der Waals surface area (Å²) in [6, 6.07) is 3.20. The normalized spacial score (nSPS) is 17.5. The summed E-state index contributed by atoms with van der Waals surface area (Å²) in [5.74, 6) is -0.905. The predicted octanol–water partition coefficient (Wildman–Crippen LogP) is 0.852. The Bertz CT molecular complexity index is 694. The van der Waals surface area contributed by atoms with Crippen LogP contribution >= 0.6 is 0 Å². The topological polar surface area (TPSA) is 90.5 Å². The van der Waals surface area contributed by atoms with Crippen molar-refractivity contribution >= 4 is 17.8 Å². The average Bonchev–Trinajstić information content (AvgIpc) is 2.60. The van der Waals surface area contributed by atoms with E-state index in [0.29, 0.717) is 0 Å². The molecule has 0 saturated carbocycles. The molecule has 0 unspecified atom stereocenters. The van der Waals surface area contributed by atoms with Crippen LogP contribution in [0.15, 0.2) is 24.3 Å². The van der Waals surface area contributed by atoms with Gasteiger partial charge in [0.1, 0.15) is 6.04 Å². The number of piperazine rings is 1. The minimum absolute atomic E-state index is 0.0855. The van der Waals surface area contributed by atoms with Crippen molar-refractivity contribution in [1.82, 2.24) is 20.9 Å². The van der Waals surface area contributed by atoms with E-state index >= 15 is 0 Å². The summed E-state index contributed by atoms with van der Waals surface area (Å²) in [4.78, 5) is 37.0. The number of benzene rings is 1. The van der Waals surface area contributed by atoms with Gasteiger partial charge in [0, 0.05) is 26.7 Å². The molecule has 0 bridgehead atoms. The molecule has 1 aromatic carbocycles. The van der Waals surface area contributed by atoms with Crippen LogP contribution in [-0.4, -0.2) is 48.9 Å². The Morgan fingerprint density at radius 2 is 2.00 bits per heavy atom. The van der Waals surface area contributed by atoms with Gasteiger partial charge >= 0.3 is 12.2 Å². The summed E-state index contributed by atoms with van der Waals surface area (Å²) in [6.07, 6.45) is -4.76. The monoisotopic (exact) mass is 372 g/mol. The van der Waals surface area contributed by atoms with Gasteiger partial charge in [0.2, 0.25) is 11.8 Å². The molecule has 0 aromatic heterocycles. The number of rotatable bonds is 4. The fourth-order valence-electron chi connectivity index (χ4n) is 2.66. The van der Waals surface area contributed by atoms with Gasteiger partial charge in [0.25, 0.3) is 0 Å². The predicted molar refractivity (Wildman–Crippen MR) is 85.9 cm³/mol. The molecule has 142 valence electrons. The molecule has 1 saturated heterocycles. The Morgan fingerprint density at radius 1 is 1.31 bits per heavy atom. The van der Waals surface area contributed by atoms with Crippen molar-refractivity contribution in [3.05, 3.63) is 35.4 Å². The zero-order valence-corrected chi connectivity index (χ0v) is 14.0. The third-order valence-electron chi connectivity index (χ3n) is 4.00. The molecule has 4 amide bonds. The molecule has 26 heavy (non-hydrogen) atoms. The number of urea groups is 1. The average molecular weight is 372 g/mol. The van der Waals surface area contributed by atoms with E-state index in [4.69, 9.17) is 0 Å². The van der Waals surface area contributed by atoms with Crippen LogP contribution in [-0.2, 0) is 22.3 Å². The van der Waals surface area contributed by atoms with E-state index in [-0.39, 0.29) is 31.6 Å². The molecule has 10 heteroatoms. The lowest BCUT2D eigenvalue weighted by Gasteiger charge is -2.34. The van der Waals surface area contributed by atoms with Crippen LogP contribution in [0.5, 0.6) is 0 Å². The highest BCUT2D eigenvalue weighted by Gasteiger charge is 2.35. The van der Waals surface area contributed by atoms with Crippen LogP contribution in [0.4, 0.5) is 18.0 Å². The second-order valence-electron chi connectivity index (χ2n) is 5.69. The molecule has 0 radical (unpaired) electrons. The largest absolute Gasteiger partial charge is 0.416 e. The van der Waals surface area contributed by atoms with Crippen LogP contribution < -0.4 is 16.0 Å². The number of hydrogen-bond acceptors (Lipinski definition) is 3. The number of nitrogens with one attached hydrogen (secondary N) is 3. The summed E-state index contributed by atoms with van der Waals surface area (Å²) in [7, 11) is 1.40. The Morgan fingerprint density at radius 3 is 2.65 bits per heavy atom. The van der Waals surface area contributed by atoms with Crippen molar-refractivity contribution in [2.45, 2.75) is 25.2 Å². The molecule has 0 aliphatic carbocycles. The maximum Gasteiger partial charge on any atom is 0.416 e. The number of alkyl halides is 3. The van der Waals surface area contributed by atoms with E-state index < -0.39 is 35.6 Å². The van der Waals surface area contributed by atoms with Crippen molar-refractivity contribution in [3.8, 4) is 0 Å². The first-order valence-electron chi connectivity index (χ1n) is 7.92. The Kier molecular flexibility index (Phi) is 6.06. The smallest absolute Gasteiger partial charge is 0.359 e. The number of halogens is 3. The maximum atomic E-state index is 13.0. The number of amides is 4. The van der Waals surface area contributed by atoms with Gasteiger partial charge in [0.15, 0.2) is 0 Å². The van der Waals surface area contributed by atoms with E-state index in [1.807, 2.05) is 0 Å². The number of nitrogens with zero attached hydrogens (tertiary/aromatic N) is 1. The van der Waals surface area contributed by atoms with Gasteiger partial charge in [-0.25, -0.2) is 4.79 Å². The molecule has 1 aliphatic rings. The van der Waals surface area contributed by atoms with Gasteiger partial charge in [-0.05, 0) is 11.6 Å². The molecular formula is C16H19F3N4O3. The highest BCUT2D eigenvalue weighted by atomic mass is 19.4. The molecule has 1 aromatic rings. The lowest BCUT2D eigenvalue weighted by Crippen LogP contribution is -2.60. The molecule has 1 aliphatic heterocycles. The fraction of sp³-hybridized carbons (Fsp3) is 0.438. The van der Waals surface area contributed by atoms with Gasteiger partial charge in [-0.3, -0.25) is 9.59 Å². The number of hydrogen-bond donors (Lipinski definition) is 3.